The second-order valence-electron chi connectivity index (χ2n) is 6.07. The zero-order valence-electron chi connectivity index (χ0n) is 13.6. The molecule has 2 atom stereocenters. The first-order valence-electron chi connectivity index (χ1n) is 8.29. The number of nitrogens with one attached hydrogen (secondary N) is 1. The van der Waals surface area contributed by atoms with Gasteiger partial charge in [-0.2, -0.15) is 4.98 Å². The third kappa shape index (κ3) is 3.67. The van der Waals surface area contributed by atoms with Gasteiger partial charge in [-0.3, -0.25) is 0 Å². The van der Waals surface area contributed by atoms with E-state index in [2.05, 4.69) is 27.6 Å². The molecule has 0 amide bonds. The van der Waals surface area contributed by atoms with Crippen molar-refractivity contribution in [2.45, 2.75) is 12.5 Å². The van der Waals surface area contributed by atoms with Gasteiger partial charge in [-0.25, -0.2) is 0 Å². The van der Waals surface area contributed by atoms with Gasteiger partial charge in [-0.1, -0.05) is 59.2 Å². The Bertz CT molecular complexity index is 837. The van der Waals surface area contributed by atoms with E-state index in [4.69, 9.17) is 20.9 Å². The normalized spacial score (nSPS) is 19.9. The summed E-state index contributed by atoms with van der Waals surface area (Å²) >= 11 is 6.01. The molecule has 0 bridgehead atoms. The molecular weight excluding hydrogens is 338 g/mol. The Kier molecular flexibility index (Phi) is 4.68. The standard InChI is InChI=1S/C19H18ClN3O2/c20-16-8-4-7-14(11-16)18-22-19(25-23-18)21-12-15-9-10-24-17(15)13-5-2-1-3-6-13/h1-8,11,15,17H,9-10,12H2,(H,21,22,23). The topological polar surface area (TPSA) is 60.2 Å². The first-order valence-corrected chi connectivity index (χ1v) is 8.67. The van der Waals surface area contributed by atoms with Gasteiger partial charge in [0.25, 0.3) is 0 Å². The Morgan fingerprint density at radius 1 is 1.12 bits per heavy atom. The van der Waals surface area contributed by atoms with Crippen LogP contribution < -0.4 is 5.32 Å². The van der Waals surface area contributed by atoms with Crippen molar-refractivity contribution in [1.82, 2.24) is 10.1 Å². The summed E-state index contributed by atoms with van der Waals surface area (Å²) in [4.78, 5) is 4.39. The highest BCUT2D eigenvalue weighted by Crippen LogP contribution is 2.34. The number of anilines is 1. The molecule has 2 unspecified atom stereocenters. The third-order valence-corrected chi connectivity index (χ3v) is 4.60. The summed E-state index contributed by atoms with van der Waals surface area (Å²) in [5.41, 5.74) is 2.03. The van der Waals surface area contributed by atoms with E-state index in [1.54, 1.807) is 0 Å². The van der Waals surface area contributed by atoms with Gasteiger partial charge in [0.15, 0.2) is 0 Å². The molecule has 0 radical (unpaired) electrons. The minimum Gasteiger partial charge on any atom is -0.373 e. The maximum Gasteiger partial charge on any atom is 0.321 e. The molecule has 6 heteroatoms. The van der Waals surface area contributed by atoms with Crippen LogP contribution >= 0.6 is 11.6 Å². The fraction of sp³-hybridized carbons (Fsp3) is 0.263. The average molecular weight is 356 g/mol. The van der Waals surface area contributed by atoms with Crippen LogP contribution in [-0.2, 0) is 4.74 Å². The Balaban J connectivity index is 1.42. The van der Waals surface area contributed by atoms with Gasteiger partial charge in [-0.05, 0) is 24.1 Å². The summed E-state index contributed by atoms with van der Waals surface area (Å²) in [6.07, 6.45) is 1.10. The molecule has 1 aromatic heterocycles. The second kappa shape index (κ2) is 7.25. The minimum absolute atomic E-state index is 0.101. The lowest BCUT2D eigenvalue weighted by atomic mass is 9.95. The van der Waals surface area contributed by atoms with Crippen molar-refractivity contribution >= 4 is 17.6 Å². The SMILES string of the molecule is Clc1cccc(-c2noc(NCC3CCOC3c3ccccc3)n2)c1. The van der Waals surface area contributed by atoms with Gasteiger partial charge in [0.1, 0.15) is 0 Å². The van der Waals surface area contributed by atoms with Crippen molar-refractivity contribution < 1.29 is 9.26 Å². The molecule has 128 valence electrons. The van der Waals surface area contributed by atoms with E-state index in [1.165, 1.54) is 5.56 Å². The van der Waals surface area contributed by atoms with E-state index >= 15 is 0 Å². The smallest absolute Gasteiger partial charge is 0.321 e. The molecule has 0 spiro atoms. The van der Waals surface area contributed by atoms with Crippen LogP contribution in [0.25, 0.3) is 11.4 Å². The maximum absolute atomic E-state index is 6.01. The first kappa shape index (κ1) is 16.1. The molecule has 1 aliphatic heterocycles. The summed E-state index contributed by atoms with van der Waals surface area (Å²) < 4.78 is 11.2. The number of ether oxygens (including phenoxy) is 1. The summed E-state index contributed by atoms with van der Waals surface area (Å²) in [7, 11) is 0. The van der Waals surface area contributed by atoms with Crippen molar-refractivity contribution in [1.29, 1.82) is 0 Å². The number of nitrogens with zero attached hydrogens (tertiary/aromatic N) is 2. The van der Waals surface area contributed by atoms with Crippen LogP contribution in [0.4, 0.5) is 6.01 Å². The summed E-state index contributed by atoms with van der Waals surface area (Å²) in [5.74, 6) is 0.885. The summed E-state index contributed by atoms with van der Waals surface area (Å²) in [5, 5.41) is 7.89. The van der Waals surface area contributed by atoms with Crippen LogP contribution in [0.1, 0.15) is 18.1 Å². The predicted octanol–water partition coefficient (Wildman–Crippen LogP) is 4.58. The number of aromatic nitrogens is 2. The van der Waals surface area contributed by atoms with Gasteiger partial charge in [0.05, 0.1) is 6.10 Å². The van der Waals surface area contributed by atoms with Crippen LogP contribution in [0, 0.1) is 5.92 Å². The third-order valence-electron chi connectivity index (χ3n) is 4.37. The van der Waals surface area contributed by atoms with Crippen LogP contribution in [-0.4, -0.2) is 23.3 Å². The maximum atomic E-state index is 6.01. The average Bonchev–Trinajstić information content (AvgIpc) is 3.30. The Labute approximate surface area is 151 Å². The van der Waals surface area contributed by atoms with E-state index in [1.807, 2.05) is 42.5 Å². The molecule has 5 nitrogen and oxygen atoms in total. The molecule has 0 aliphatic carbocycles. The summed E-state index contributed by atoms with van der Waals surface area (Å²) in [6.45, 7) is 1.49. The molecule has 1 saturated heterocycles. The van der Waals surface area contributed by atoms with E-state index in [0.717, 1.165) is 25.1 Å². The number of hydrogen-bond donors (Lipinski definition) is 1. The lowest BCUT2D eigenvalue weighted by Gasteiger charge is -2.18. The van der Waals surface area contributed by atoms with Crippen molar-refractivity contribution in [2.75, 3.05) is 18.5 Å². The molecule has 2 heterocycles. The molecular formula is C19H18ClN3O2. The Morgan fingerprint density at radius 2 is 2.00 bits per heavy atom. The van der Waals surface area contributed by atoms with Crippen LogP contribution in [0.15, 0.2) is 59.1 Å². The quantitative estimate of drug-likeness (QED) is 0.725. The highest BCUT2D eigenvalue weighted by atomic mass is 35.5. The van der Waals surface area contributed by atoms with E-state index in [0.29, 0.717) is 22.8 Å². The van der Waals surface area contributed by atoms with E-state index in [9.17, 15) is 0 Å². The molecule has 4 rings (SSSR count). The fourth-order valence-corrected chi connectivity index (χ4v) is 3.30. The van der Waals surface area contributed by atoms with E-state index < -0.39 is 0 Å². The largest absolute Gasteiger partial charge is 0.373 e. The molecule has 0 saturated carbocycles. The monoisotopic (exact) mass is 355 g/mol. The van der Waals surface area contributed by atoms with Crippen molar-refractivity contribution in [3.05, 3.63) is 65.2 Å². The van der Waals surface area contributed by atoms with Crippen LogP contribution in [0.2, 0.25) is 5.02 Å². The van der Waals surface area contributed by atoms with Gasteiger partial charge in [0.2, 0.25) is 5.82 Å². The number of hydrogen-bond acceptors (Lipinski definition) is 5. The number of benzene rings is 2. The van der Waals surface area contributed by atoms with Gasteiger partial charge >= 0.3 is 6.01 Å². The van der Waals surface area contributed by atoms with Crippen molar-refractivity contribution in [3.63, 3.8) is 0 Å². The Morgan fingerprint density at radius 3 is 2.84 bits per heavy atom. The Hall–Kier alpha value is -2.37. The minimum atomic E-state index is 0.101. The number of rotatable bonds is 5. The van der Waals surface area contributed by atoms with Crippen LogP contribution in [0.3, 0.4) is 0 Å². The van der Waals surface area contributed by atoms with Crippen molar-refractivity contribution in [2.24, 2.45) is 5.92 Å². The second-order valence-corrected chi connectivity index (χ2v) is 6.50. The zero-order chi connectivity index (χ0) is 17.1. The summed E-state index contributed by atoms with van der Waals surface area (Å²) in [6, 6.07) is 18.1. The fourth-order valence-electron chi connectivity index (χ4n) is 3.11. The first-order chi connectivity index (χ1) is 12.3. The highest BCUT2D eigenvalue weighted by molar-refractivity contribution is 6.30. The molecule has 1 N–H and O–H groups in total. The molecule has 1 fully saturated rings. The lowest BCUT2D eigenvalue weighted by Crippen LogP contribution is -2.18. The van der Waals surface area contributed by atoms with Gasteiger partial charge < -0.3 is 14.6 Å². The molecule has 1 aliphatic rings. The predicted molar refractivity (Wildman–Crippen MR) is 96.5 cm³/mol. The zero-order valence-corrected chi connectivity index (χ0v) is 14.3. The number of halogens is 1. The molecule has 25 heavy (non-hydrogen) atoms. The lowest BCUT2D eigenvalue weighted by molar-refractivity contribution is 0.0932. The van der Waals surface area contributed by atoms with Crippen LogP contribution in [0.5, 0.6) is 0 Å². The molecule has 2 aromatic carbocycles. The highest BCUT2D eigenvalue weighted by Gasteiger charge is 2.29. The van der Waals surface area contributed by atoms with Gasteiger partial charge in [0, 0.05) is 29.7 Å². The van der Waals surface area contributed by atoms with Crippen molar-refractivity contribution in [3.8, 4) is 11.4 Å². The molecule has 3 aromatic rings. The van der Waals surface area contributed by atoms with E-state index in [-0.39, 0.29) is 6.10 Å². The van der Waals surface area contributed by atoms with Gasteiger partial charge in [-0.15, -0.1) is 0 Å².